The van der Waals surface area contributed by atoms with Gasteiger partial charge in [-0.05, 0) is 74.0 Å². The van der Waals surface area contributed by atoms with Crippen molar-refractivity contribution in [2.75, 3.05) is 26.2 Å². The Morgan fingerprint density at radius 1 is 1.00 bits per heavy atom. The molecule has 2 aromatic carbocycles. The third-order valence-electron chi connectivity index (χ3n) is 7.06. The van der Waals surface area contributed by atoms with E-state index in [-0.39, 0.29) is 0 Å². The predicted octanol–water partition coefficient (Wildman–Crippen LogP) is 6.19. The van der Waals surface area contributed by atoms with Crippen molar-refractivity contribution in [3.05, 3.63) is 69.3 Å². The monoisotopic (exact) mass is 526 g/mol. The van der Waals surface area contributed by atoms with Crippen molar-refractivity contribution >= 4 is 40.6 Å². The SMILES string of the molecule is N#CN=C(c1cc(-c2ccc(Cl)cc2)n(-c2ccc(Cl)cc2Cl)n1)N1CCC2(CCCNC2)CC1. The second-order valence-electron chi connectivity index (χ2n) is 9.23. The van der Waals surface area contributed by atoms with Gasteiger partial charge in [-0.25, -0.2) is 4.68 Å². The summed E-state index contributed by atoms with van der Waals surface area (Å²) in [6.45, 7) is 3.85. The Morgan fingerprint density at radius 3 is 2.40 bits per heavy atom. The van der Waals surface area contributed by atoms with E-state index in [2.05, 4.69) is 15.2 Å². The van der Waals surface area contributed by atoms with Gasteiger partial charge in [-0.2, -0.15) is 15.4 Å². The number of amidine groups is 1. The highest BCUT2D eigenvalue weighted by molar-refractivity contribution is 6.35. The molecule has 180 valence electrons. The summed E-state index contributed by atoms with van der Waals surface area (Å²) in [5.74, 6) is 0.588. The van der Waals surface area contributed by atoms with E-state index in [0.29, 0.717) is 37.7 Å². The average Bonchev–Trinajstić information content (AvgIpc) is 3.29. The van der Waals surface area contributed by atoms with E-state index >= 15 is 0 Å². The normalized spacial score (nSPS) is 18.0. The number of hydrogen-bond acceptors (Lipinski definition) is 4. The molecule has 0 radical (unpaired) electrons. The Hall–Kier alpha value is -2.56. The van der Waals surface area contributed by atoms with Crippen molar-refractivity contribution in [2.24, 2.45) is 10.4 Å². The van der Waals surface area contributed by atoms with Gasteiger partial charge in [0.15, 0.2) is 5.84 Å². The summed E-state index contributed by atoms with van der Waals surface area (Å²) in [6.07, 6.45) is 6.60. The molecule has 0 saturated carbocycles. The van der Waals surface area contributed by atoms with Crippen LogP contribution in [-0.2, 0) is 0 Å². The number of aromatic nitrogens is 2. The zero-order chi connectivity index (χ0) is 24.4. The van der Waals surface area contributed by atoms with E-state index in [9.17, 15) is 5.26 Å². The lowest BCUT2D eigenvalue weighted by Crippen LogP contribution is -2.49. The number of nitriles is 1. The van der Waals surface area contributed by atoms with E-state index in [1.807, 2.05) is 42.6 Å². The van der Waals surface area contributed by atoms with Crippen molar-refractivity contribution in [1.29, 1.82) is 5.26 Å². The largest absolute Gasteiger partial charge is 0.354 e. The van der Waals surface area contributed by atoms with Crippen LogP contribution >= 0.6 is 34.8 Å². The molecule has 2 aliphatic heterocycles. The summed E-state index contributed by atoms with van der Waals surface area (Å²) in [5.41, 5.74) is 3.39. The maximum atomic E-state index is 9.53. The average molecular weight is 528 g/mol. The highest BCUT2D eigenvalue weighted by Gasteiger charge is 2.37. The van der Waals surface area contributed by atoms with Crippen LogP contribution in [0.4, 0.5) is 0 Å². The Bertz CT molecular complexity index is 1280. The second kappa shape index (κ2) is 10.2. The number of hydrogen-bond donors (Lipinski definition) is 1. The molecule has 9 heteroatoms. The first-order chi connectivity index (χ1) is 17.0. The molecule has 3 aromatic rings. The maximum Gasteiger partial charge on any atom is 0.207 e. The third-order valence-corrected chi connectivity index (χ3v) is 7.85. The number of aliphatic imine (C=N–C) groups is 1. The molecule has 1 N–H and O–H groups in total. The first kappa shape index (κ1) is 24.1. The van der Waals surface area contributed by atoms with Crippen LogP contribution in [0, 0.1) is 16.9 Å². The number of likely N-dealkylation sites (tertiary alicyclic amines) is 1. The lowest BCUT2D eigenvalue weighted by molar-refractivity contribution is 0.112. The van der Waals surface area contributed by atoms with Crippen LogP contribution < -0.4 is 5.32 Å². The number of nitrogens with one attached hydrogen (secondary N) is 1. The molecule has 1 spiro atoms. The van der Waals surface area contributed by atoms with E-state index < -0.39 is 0 Å². The Balaban J connectivity index is 1.53. The molecule has 6 nitrogen and oxygen atoms in total. The minimum absolute atomic E-state index is 0.344. The third kappa shape index (κ3) is 5.05. The van der Waals surface area contributed by atoms with E-state index in [0.717, 1.165) is 50.3 Å². The van der Waals surface area contributed by atoms with Crippen LogP contribution in [0.1, 0.15) is 31.4 Å². The van der Waals surface area contributed by atoms with Crippen LogP contribution in [0.15, 0.2) is 53.5 Å². The van der Waals surface area contributed by atoms with Crippen molar-refractivity contribution in [1.82, 2.24) is 20.0 Å². The molecule has 2 aliphatic rings. The van der Waals surface area contributed by atoms with Crippen molar-refractivity contribution in [3.63, 3.8) is 0 Å². The Morgan fingerprint density at radius 2 is 1.74 bits per heavy atom. The highest BCUT2D eigenvalue weighted by atomic mass is 35.5. The zero-order valence-corrected chi connectivity index (χ0v) is 21.4. The van der Waals surface area contributed by atoms with Crippen LogP contribution in [0.3, 0.4) is 0 Å². The minimum atomic E-state index is 0.344. The number of rotatable bonds is 3. The first-order valence-corrected chi connectivity index (χ1v) is 12.9. The summed E-state index contributed by atoms with van der Waals surface area (Å²) in [4.78, 5) is 6.41. The van der Waals surface area contributed by atoms with Gasteiger partial charge in [0.25, 0.3) is 0 Å². The van der Waals surface area contributed by atoms with Crippen molar-refractivity contribution in [2.45, 2.75) is 25.7 Å². The van der Waals surface area contributed by atoms with Gasteiger partial charge in [-0.15, -0.1) is 0 Å². The number of halogens is 3. The van der Waals surface area contributed by atoms with Crippen LogP contribution in [0.25, 0.3) is 16.9 Å². The van der Waals surface area contributed by atoms with Gasteiger partial charge in [-0.1, -0.05) is 46.9 Å². The smallest absolute Gasteiger partial charge is 0.207 e. The van der Waals surface area contributed by atoms with Gasteiger partial charge >= 0.3 is 0 Å². The molecule has 0 unspecified atom stereocenters. The molecule has 0 bridgehead atoms. The van der Waals surface area contributed by atoms with Gasteiger partial charge in [0.05, 0.1) is 16.4 Å². The summed E-state index contributed by atoms with van der Waals surface area (Å²) in [5, 5.41) is 19.6. The number of piperidine rings is 2. The fourth-order valence-electron chi connectivity index (χ4n) is 5.14. The second-order valence-corrected chi connectivity index (χ2v) is 10.5. The van der Waals surface area contributed by atoms with Crippen molar-refractivity contribution in [3.8, 4) is 23.1 Å². The molecule has 0 amide bonds. The minimum Gasteiger partial charge on any atom is -0.354 e. The predicted molar refractivity (Wildman–Crippen MR) is 142 cm³/mol. The molecule has 3 heterocycles. The molecule has 2 saturated heterocycles. The molecule has 5 rings (SSSR count). The van der Waals surface area contributed by atoms with Gasteiger partial charge < -0.3 is 10.2 Å². The molecule has 35 heavy (non-hydrogen) atoms. The number of benzene rings is 2. The molecular formula is C26H25Cl3N6. The molecule has 1 aromatic heterocycles. The highest BCUT2D eigenvalue weighted by Crippen LogP contribution is 2.38. The Labute approximate surface area is 220 Å². The molecule has 2 fully saturated rings. The van der Waals surface area contributed by atoms with Crippen molar-refractivity contribution < 1.29 is 0 Å². The van der Waals surface area contributed by atoms with Gasteiger partial charge in [0.2, 0.25) is 6.19 Å². The van der Waals surface area contributed by atoms with Gasteiger partial charge in [0.1, 0.15) is 5.69 Å². The zero-order valence-electron chi connectivity index (χ0n) is 19.1. The molecule has 0 aliphatic carbocycles. The fraction of sp³-hybridized carbons (Fsp3) is 0.346. The van der Waals surface area contributed by atoms with Gasteiger partial charge in [0, 0.05) is 35.2 Å². The van der Waals surface area contributed by atoms with E-state index in [1.165, 1.54) is 12.8 Å². The summed E-state index contributed by atoms with van der Waals surface area (Å²) in [6, 6.07) is 14.8. The summed E-state index contributed by atoms with van der Waals surface area (Å²) in [7, 11) is 0. The standard InChI is InChI=1S/C26H25Cl3N6/c27-19-4-2-18(3-5-19)24-15-22(33-35(24)23-7-6-20(28)14-21(23)29)25(32-17-30)34-12-9-26(10-13-34)8-1-11-31-16-26/h2-7,14-15,31H,1,8-13,16H2. The van der Waals surface area contributed by atoms with Crippen LogP contribution in [0.2, 0.25) is 15.1 Å². The van der Waals surface area contributed by atoms with E-state index in [1.54, 1.807) is 16.8 Å². The molecular weight excluding hydrogens is 503 g/mol. The van der Waals surface area contributed by atoms with Crippen LogP contribution in [0.5, 0.6) is 0 Å². The quantitative estimate of drug-likeness (QED) is 0.250. The fourth-order valence-corrected chi connectivity index (χ4v) is 5.76. The summed E-state index contributed by atoms with van der Waals surface area (Å²) < 4.78 is 1.78. The topological polar surface area (TPSA) is 69.2 Å². The number of nitrogens with zero attached hydrogens (tertiary/aromatic N) is 5. The van der Waals surface area contributed by atoms with E-state index in [4.69, 9.17) is 39.9 Å². The lowest BCUT2D eigenvalue weighted by atomic mass is 9.73. The molecule has 0 atom stereocenters. The maximum absolute atomic E-state index is 9.53. The summed E-state index contributed by atoms with van der Waals surface area (Å²) >= 11 is 18.8. The van der Waals surface area contributed by atoms with Gasteiger partial charge in [-0.3, -0.25) is 0 Å². The van der Waals surface area contributed by atoms with Crippen LogP contribution in [-0.4, -0.2) is 46.7 Å². The Kier molecular flexibility index (Phi) is 7.04. The lowest BCUT2D eigenvalue weighted by Gasteiger charge is -2.45. The first-order valence-electron chi connectivity index (χ1n) is 11.7.